The maximum Gasteiger partial charge on any atom is 0.251 e. The molecule has 3 heterocycles. The molecule has 1 N–H and O–H groups in total. The van der Waals surface area contributed by atoms with E-state index in [-0.39, 0.29) is 36.2 Å². The number of likely N-dealkylation sites (N-methyl/N-ethyl adjacent to an activating group) is 1. The molecule has 1 aliphatic carbocycles. The summed E-state index contributed by atoms with van der Waals surface area (Å²) in [4.78, 5) is 46.6. The van der Waals surface area contributed by atoms with E-state index in [0.29, 0.717) is 24.4 Å². The Morgan fingerprint density at radius 1 is 1.08 bits per heavy atom. The number of benzene rings is 1. The number of ketones is 1. The van der Waals surface area contributed by atoms with Crippen LogP contribution in [0.15, 0.2) is 24.3 Å². The second-order valence-corrected chi connectivity index (χ2v) is 11.9. The van der Waals surface area contributed by atoms with E-state index in [1.54, 1.807) is 4.90 Å². The molecule has 1 saturated carbocycles. The molecular formula is C29H42N4O4. The van der Waals surface area contributed by atoms with Crippen molar-refractivity contribution >= 4 is 23.3 Å². The van der Waals surface area contributed by atoms with Crippen LogP contribution in [0.4, 0.5) is 5.69 Å². The molecule has 3 saturated heterocycles. The summed E-state index contributed by atoms with van der Waals surface area (Å²) in [5.74, 6) is 0.310. The number of hydrogen-bond acceptors (Lipinski definition) is 6. The minimum absolute atomic E-state index is 0.0174. The fourth-order valence-corrected chi connectivity index (χ4v) is 6.18. The van der Waals surface area contributed by atoms with Gasteiger partial charge in [-0.2, -0.15) is 0 Å². The predicted octanol–water partition coefficient (Wildman–Crippen LogP) is 2.57. The van der Waals surface area contributed by atoms with E-state index in [2.05, 4.69) is 22.0 Å². The average Bonchev–Trinajstić information content (AvgIpc) is 3.59. The highest BCUT2D eigenvalue weighted by Gasteiger charge is 2.57. The Morgan fingerprint density at radius 3 is 2.35 bits per heavy atom. The number of Topliss-reactive ketones (excluding diaryl/α,β-unsaturated/α-hetero) is 1. The largest absolute Gasteiger partial charge is 0.369 e. The van der Waals surface area contributed by atoms with Crippen molar-refractivity contribution in [2.24, 2.45) is 17.3 Å². The van der Waals surface area contributed by atoms with Crippen LogP contribution in [0.25, 0.3) is 0 Å². The Bertz CT molecular complexity index is 1010. The van der Waals surface area contributed by atoms with Crippen LogP contribution in [-0.4, -0.2) is 91.5 Å². The number of carbonyl (C=O) groups is 3. The van der Waals surface area contributed by atoms with E-state index in [1.807, 2.05) is 45.0 Å². The molecule has 4 atom stereocenters. The lowest BCUT2D eigenvalue weighted by molar-refractivity contribution is -0.140. The SMILES string of the molecule is CCN1CCN(c2ccc(C(=O)N[C@H](C(=O)N3C[C@H](C4CC4)[C@H]4OCC(=O)[C@H]43)C(C)(C)CC)cc2)CC1. The predicted molar refractivity (Wildman–Crippen MR) is 143 cm³/mol. The molecular weight excluding hydrogens is 468 g/mol. The van der Waals surface area contributed by atoms with Crippen LogP contribution in [-0.2, 0) is 14.3 Å². The summed E-state index contributed by atoms with van der Waals surface area (Å²) in [6.45, 7) is 14.0. The third-order valence-corrected chi connectivity index (χ3v) is 9.26. The molecule has 4 fully saturated rings. The van der Waals surface area contributed by atoms with E-state index >= 15 is 0 Å². The molecule has 0 bridgehead atoms. The number of amides is 2. The Kier molecular flexibility index (Phi) is 7.33. The Balaban J connectivity index is 1.30. The van der Waals surface area contributed by atoms with Gasteiger partial charge in [0.1, 0.15) is 18.7 Å². The van der Waals surface area contributed by atoms with Crippen molar-refractivity contribution < 1.29 is 19.1 Å². The number of likely N-dealkylation sites (tertiary alicyclic amines) is 1. The van der Waals surface area contributed by atoms with Gasteiger partial charge in [0.2, 0.25) is 5.91 Å². The molecule has 0 radical (unpaired) electrons. The number of ether oxygens (including phenoxy) is 1. The van der Waals surface area contributed by atoms with Crippen molar-refractivity contribution in [1.29, 1.82) is 0 Å². The van der Waals surface area contributed by atoms with Gasteiger partial charge in [-0.3, -0.25) is 14.4 Å². The lowest BCUT2D eigenvalue weighted by Crippen LogP contribution is -2.57. The number of anilines is 1. The average molecular weight is 511 g/mol. The van der Waals surface area contributed by atoms with Crippen LogP contribution >= 0.6 is 0 Å². The highest BCUT2D eigenvalue weighted by atomic mass is 16.5. The van der Waals surface area contributed by atoms with Gasteiger partial charge in [0.25, 0.3) is 5.91 Å². The summed E-state index contributed by atoms with van der Waals surface area (Å²) in [6.07, 6.45) is 2.79. The smallest absolute Gasteiger partial charge is 0.251 e. The number of piperazine rings is 1. The summed E-state index contributed by atoms with van der Waals surface area (Å²) >= 11 is 0. The molecule has 0 aromatic heterocycles. The molecule has 2 amide bonds. The third-order valence-electron chi connectivity index (χ3n) is 9.26. The molecule has 4 aliphatic rings. The van der Waals surface area contributed by atoms with Crippen molar-refractivity contribution in [3.8, 4) is 0 Å². The Labute approximate surface area is 220 Å². The van der Waals surface area contributed by atoms with Crippen LogP contribution in [0.5, 0.6) is 0 Å². The molecule has 8 nitrogen and oxygen atoms in total. The standard InChI is InChI=1S/C29H42N4O4/c1-5-29(3,4)26(28(36)33-17-22(19-7-8-19)25-24(33)23(34)18-37-25)30-27(35)20-9-11-21(12-10-20)32-15-13-31(6-2)14-16-32/h9-12,19,22,24-26H,5-8,13-18H2,1-4H3,(H,30,35)/t22-,24-,25-,26-/m1/s1. The fraction of sp³-hybridized carbons (Fsp3) is 0.690. The number of carbonyl (C=O) groups excluding carboxylic acids is 3. The fourth-order valence-electron chi connectivity index (χ4n) is 6.18. The number of fused-ring (bicyclic) bond motifs is 1. The van der Waals surface area contributed by atoms with Gasteiger partial charge >= 0.3 is 0 Å². The molecule has 37 heavy (non-hydrogen) atoms. The normalized spacial score (nSPS) is 27.4. The number of nitrogens with zero attached hydrogens (tertiary/aromatic N) is 3. The maximum absolute atomic E-state index is 14.0. The molecule has 5 rings (SSSR count). The van der Waals surface area contributed by atoms with E-state index in [9.17, 15) is 14.4 Å². The number of hydrogen-bond donors (Lipinski definition) is 1. The van der Waals surface area contributed by atoms with Crippen LogP contribution in [0.1, 0.15) is 57.3 Å². The molecule has 0 spiro atoms. The van der Waals surface area contributed by atoms with Gasteiger partial charge in [-0.1, -0.05) is 27.7 Å². The van der Waals surface area contributed by atoms with E-state index in [0.717, 1.165) is 51.3 Å². The summed E-state index contributed by atoms with van der Waals surface area (Å²) in [5, 5.41) is 3.07. The summed E-state index contributed by atoms with van der Waals surface area (Å²) in [5.41, 5.74) is 1.18. The topological polar surface area (TPSA) is 82.2 Å². The van der Waals surface area contributed by atoms with Gasteiger partial charge in [-0.25, -0.2) is 0 Å². The van der Waals surface area contributed by atoms with Gasteiger partial charge in [0.15, 0.2) is 5.78 Å². The number of rotatable bonds is 8. The Hall–Kier alpha value is -2.45. The molecule has 0 unspecified atom stereocenters. The van der Waals surface area contributed by atoms with Crippen molar-refractivity contribution in [1.82, 2.24) is 15.1 Å². The first-order valence-corrected chi connectivity index (χ1v) is 14.1. The zero-order valence-electron chi connectivity index (χ0n) is 22.7. The van der Waals surface area contributed by atoms with E-state index < -0.39 is 17.5 Å². The van der Waals surface area contributed by atoms with Gasteiger partial charge in [-0.15, -0.1) is 0 Å². The summed E-state index contributed by atoms with van der Waals surface area (Å²) in [7, 11) is 0. The third kappa shape index (κ3) is 5.15. The van der Waals surface area contributed by atoms with Crippen LogP contribution in [0.3, 0.4) is 0 Å². The number of nitrogens with one attached hydrogen (secondary N) is 1. The van der Waals surface area contributed by atoms with Gasteiger partial charge < -0.3 is 24.8 Å². The lowest BCUT2D eigenvalue weighted by Gasteiger charge is -2.37. The summed E-state index contributed by atoms with van der Waals surface area (Å²) < 4.78 is 5.86. The zero-order valence-corrected chi connectivity index (χ0v) is 22.7. The minimum Gasteiger partial charge on any atom is -0.369 e. The first-order chi connectivity index (χ1) is 17.7. The maximum atomic E-state index is 14.0. The quantitative estimate of drug-likeness (QED) is 0.579. The van der Waals surface area contributed by atoms with E-state index in [4.69, 9.17) is 4.74 Å². The monoisotopic (exact) mass is 510 g/mol. The van der Waals surface area contributed by atoms with Crippen molar-refractivity contribution in [3.63, 3.8) is 0 Å². The van der Waals surface area contributed by atoms with Crippen LogP contribution in [0.2, 0.25) is 0 Å². The van der Waals surface area contributed by atoms with Crippen LogP contribution in [0, 0.1) is 17.3 Å². The lowest BCUT2D eigenvalue weighted by atomic mass is 9.80. The minimum atomic E-state index is -0.723. The second kappa shape index (κ2) is 10.4. The first kappa shape index (κ1) is 26.2. The Morgan fingerprint density at radius 2 is 1.76 bits per heavy atom. The van der Waals surface area contributed by atoms with Crippen molar-refractivity contribution in [2.75, 3.05) is 50.8 Å². The molecule has 1 aromatic carbocycles. The summed E-state index contributed by atoms with van der Waals surface area (Å²) in [6, 6.07) is 6.45. The highest BCUT2D eigenvalue weighted by Crippen LogP contribution is 2.46. The van der Waals surface area contributed by atoms with Gasteiger partial charge in [0, 0.05) is 49.9 Å². The first-order valence-electron chi connectivity index (χ1n) is 14.1. The van der Waals surface area contributed by atoms with Crippen molar-refractivity contribution in [3.05, 3.63) is 29.8 Å². The molecule has 1 aromatic rings. The molecule has 3 aliphatic heterocycles. The van der Waals surface area contributed by atoms with E-state index in [1.165, 1.54) is 0 Å². The zero-order chi connectivity index (χ0) is 26.3. The molecule has 202 valence electrons. The molecule has 8 heteroatoms. The highest BCUT2D eigenvalue weighted by molar-refractivity contribution is 5.99. The second-order valence-electron chi connectivity index (χ2n) is 11.9. The van der Waals surface area contributed by atoms with Gasteiger partial charge in [-0.05, 0) is 61.4 Å². The van der Waals surface area contributed by atoms with Crippen molar-refractivity contribution in [2.45, 2.75) is 65.1 Å². The van der Waals surface area contributed by atoms with Crippen LogP contribution < -0.4 is 10.2 Å². The van der Waals surface area contributed by atoms with Gasteiger partial charge in [0.05, 0.1) is 6.10 Å².